The van der Waals surface area contributed by atoms with Crippen molar-refractivity contribution in [1.82, 2.24) is 4.90 Å². The van der Waals surface area contributed by atoms with E-state index in [1.54, 1.807) is 0 Å². The molecule has 1 heterocycles. The van der Waals surface area contributed by atoms with Gasteiger partial charge < -0.3 is 26.8 Å². The van der Waals surface area contributed by atoms with Crippen molar-refractivity contribution in [2.75, 3.05) is 37.6 Å². The highest BCUT2D eigenvalue weighted by Gasteiger charge is 2.05. The number of benzene rings is 1. The van der Waals surface area contributed by atoms with Crippen LogP contribution >= 0.6 is 17.0 Å². The minimum atomic E-state index is 0. The maximum atomic E-state index is 2.53. The molecule has 0 atom stereocenters. The van der Waals surface area contributed by atoms with Gasteiger partial charge in [0.1, 0.15) is 6.54 Å². The third-order valence-electron chi connectivity index (χ3n) is 6.03. The Kier molecular flexibility index (Phi) is 23.9. The number of halogens is 2. The van der Waals surface area contributed by atoms with E-state index in [4.69, 9.17) is 0 Å². The normalized spacial score (nSPS) is 10.4. The number of hydrogen-bond donors (Lipinski definition) is 0. The van der Waals surface area contributed by atoms with Gasteiger partial charge in [0, 0.05) is 37.3 Å². The van der Waals surface area contributed by atoms with E-state index in [1.807, 2.05) is 0 Å². The number of aromatic nitrogens is 1. The number of anilines is 1. The van der Waals surface area contributed by atoms with Crippen molar-refractivity contribution in [3.05, 3.63) is 59.9 Å². The molecule has 0 aliphatic carbocycles. The molecule has 2 rings (SSSR count). The number of pyridine rings is 1. The highest BCUT2D eigenvalue weighted by molar-refractivity contribution is 8.93. The molecule has 0 N–H and O–H groups in total. The fourth-order valence-electron chi connectivity index (χ4n) is 3.71. The van der Waals surface area contributed by atoms with E-state index in [-0.39, 0.29) is 34.0 Å². The monoisotopic (exact) mass is 611 g/mol. The zero-order chi connectivity index (χ0) is 24.3. The maximum absolute atomic E-state index is 2.53. The molecule has 0 saturated heterocycles. The molecule has 5 heteroatoms. The predicted molar refractivity (Wildman–Crippen MR) is 158 cm³/mol. The number of aryl methyl sites for hydroxylation is 1. The SMILES string of the molecule is Br.CCCCN(CCCC)c1ccc(C=Cc2cc[n+](CCC)cc2)cc1.CCN(CC)CC.[Br-]. The van der Waals surface area contributed by atoms with Gasteiger partial charge in [-0.1, -0.05) is 78.7 Å². The second-order valence-electron chi connectivity index (χ2n) is 8.61. The van der Waals surface area contributed by atoms with Gasteiger partial charge in [-0.3, -0.25) is 0 Å². The van der Waals surface area contributed by atoms with Gasteiger partial charge in [-0.2, -0.15) is 0 Å². The summed E-state index contributed by atoms with van der Waals surface area (Å²) in [6.45, 7) is 20.3. The lowest BCUT2D eigenvalue weighted by Crippen LogP contribution is -3.00. The van der Waals surface area contributed by atoms with Crippen LogP contribution in [0.15, 0.2) is 48.8 Å². The maximum Gasteiger partial charge on any atom is 0.169 e. The van der Waals surface area contributed by atoms with Crippen molar-refractivity contribution in [3.63, 3.8) is 0 Å². The van der Waals surface area contributed by atoms with E-state index in [9.17, 15) is 0 Å². The van der Waals surface area contributed by atoms with Crippen molar-refractivity contribution in [3.8, 4) is 0 Å². The molecule has 200 valence electrons. The summed E-state index contributed by atoms with van der Waals surface area (Å²) in [6, 6.07) is 13.4. The Balaban J connectivity index is 0. The molecule has 0 amide bonds. The third kappa shape index (κ3) is 15.5. The van der Waals surface area contributed by atoms with E-state index < -0.39 is 0 Å². The largest absolute Gasteiger partial charge is 1.00 e. The van der Waals surface area contributed by atoms with Crippen LogP contribution < -0.4 is 26.4 Å². The first-order valence-electron chi connectivity index (χ1n) is 13.4. The zero-order valence-corrected chi connectivity index (χ0v) is 26.5. The van der Waals surface area contributed by atoms with Crippen LogP contribution in [-0.4, -0.2) is 37.6 Å². The number of nitrogens with zero attached hydrogens (tertiary/aromatic N) is 3. The van der Waals surface area contributed by atoms with Crippen molar-refractivity contribution in [2.45, 2.75) is 80.2 Å². The summed E-state index contributed by atoms with van der Waals surface area (Å²) in [6.07, 6.45) is 14.9. The molecule has 3 nitrogen and oxygen atoms in total. The van der Waals surface area contributed by atoms with Crippen LogP contribution in [0.5, 0.6) is 0 Å². The van der Waals surface area contributed by atoms with Crippen LogP contribution in [-0.2, 0) is 6.54 Å². The van der Waals surface area contributed by atoms with E-state index in [0.717, 1.165) is 19.6 Å². The molecule has 35 heavy (non-hydrogen) atoms. The number of hydrogen-bond acceptors (Lipinski definition) is 2. The minimum absolute atomic E-state index is 0. The first-order chi connectivity index (χ1) is 16.1. The topological polar surface area (TPSA) is 10.4 Å². The van der Waals surface area contributed by atoms with E-state index >= 15 is 0 Å². The quantitative estimate of drug-likeness (QED) is 0.281. The average Bonchev–Trinajstić information content (AvgIpc) is 2.86. The lowest BCUT2D eigenvalue weighted by atomic mass is 10.1. The van der Waals surface area contributed by atoms with Gasteiger partial charge in [0.2, 0.25) is 0 Å². The molecule has 1 aromatic carbocycles. The Bertz CT molecular complexity index is 728. The Hall–Kier alpha value is -1.17. The van der Waals surface area contributed by atoms with Crippen molar-refractivity contribution < 1.29 is 21.5 Å². The van der Waals surface area contributed by atoms with Gasteiger partial charge in [-0.15, -0.1) is 17.0 Å². The van der Waals surface area contributed by atoms with Crippen LogP contribution in [0.2, 0.25) is 0 Å². The van der Waals surface area contributed by atoms with Crippen molar-refractivity contribution in [1.29, 1.82) is 0 Å². The molecule has 0 aliphatic heterocycles. The van der Waals surface area contributed by atoms with E-state index in [0.29, 0.717) is 0 Å². The molecular weight excluding hydrogens is 562 g/mol. The Labute approximate surface area is 238 Å². The summed E-state index contributed by atoms with van der Waals surface area (Å²) < 4.78 is 2.23. The van der Waals surface area contributed by atoms with Crippen LogP contribution in [0.1, 0.15) is 84.8 Å². The van der Waals surface area contributed by atoms with Crippen LogP contribution in [0.4, 0.5) is 5.69 Å². The van der Waals surface area contributed by atoms with Gasteiger partial charge in [0.25, 0.3) is 0 Å². The fraction of sp³-hybridized carbons (Fsp3) is 0.567. The highest BCUT2D eigenvalue weighted by Crippen LogP contribution is 2.18. The molecule has 1 aromatic heterocycles. The smallest absolute Gasteiger partial charge is 0.169 e. The summed E-state index contributed by atoms with van der Waals surface area (Å²) in [4.78, 5) is 4.91. The molecule has 0 aliphatic rings. The summed E-state index contributed by atoms with van der Waals surface area (Å²) in [7, 11) is 0. The van der Waals surface area contributed by atoms with Gasteiger partial charge >= 0.3 is 0 Å². The summed E-state index contributed by atoms with van der Waals surface area (Å²) in [5.74, 6) is 0. The van der Waals surface area contributed by atoms with Gasteiger partial charge in [-0.25, -0.2) is 4.57 Å². The lowest BCUT2D eigenvalue weighted by molar-refractivity contribution is -0.697. The molecule has 0 saturated carbocycles. The third-order valence-corrected chi connectivity index (χ3v) is 6.03. The standard InChI is InChI=1S/C24H35N2.C6H15N.2BrH/c1-4-7-18-26(19-8-5-2)24-13-11-22(12-14-24)9-10-23-15-20-25(17-6-3)21-16-23;1-4-7(5-2)6-3;;/h9-16,20-21H,4-8,17-19H2,1-3H3;4-6H2,1-3H3;2*1H/q+1;;;/p-1. The fourth-order valence-corrected chi connectivity index (χ4v) is 3.71. The molecular formula is C30H51Br2N3. The Morgan fingerprint density at radius 1 is 0.657 bits per heavy atom. The molecule has 0 unspecified atom stereocenters. The van der Waals surface area contributed by atoms with E-state index in [2.05, 4.69) is 117 Å². The summed E-state index contributed by atoms with van der Waals surface area (Å²) in [5.41, 5.74) is 3.85. The second kappa shape index (κ2) is 23.2. The molecule has 0 radical (unpaired) electrons. The van der Waals surface area contributed by atoms with Gasteiger partial charge in [0.05, 0.1) is 0 Å². The van der Waals surface area contributed by atoms with Crippen LogP contribution in [0, 0.1) is 0 Å². The predicted octanol–water partition coefficient (Wildman–Crippen LogP) is 4.89. The number of rotatable bonds is 14. The Morgan fingerprint density at radius 2 is 1.11 bits per heavy atom. The Morgan fingerprint density at radius 3 is 1.49 bits per heavy atom. The molecule has 2 aromatic rings. The lowest BCUT2D eigenvalue weighted by Gasteiger charge is -2.24. The number of unbranched alkanes of at least 4 members (excludes halogenated alkanes) is 2. The first kappa shape index (κ1) is 36.0. The highest BCUT2D eigenvalue weighted by atomic mass is 79.9. The summed E-state index contributed by atoms with van der Waals surface area (Å²) in [5, 5.41) is 0. The molecule has 0 bridgehead atoms. The minimum Gasteiger partial charge on any atom is -1.00 e. The molecule has 0 fully saturated rings. The van der Waals surface area contributed by atoms with E-state index in [1.165, 1.54) is 68.6 Å². The van der Waals surface area contributed by atoms with Gasteiger partial charge in [0.15, 0.2) is 12.4 Å². The van der Waals surface area contributed by atoms with Crippen molar-refractivity contribution >= 4 is 34.8 Å². The second-order valence-corrected chi connectivity index (χ2v) is 8.61. The summed E-state index contributed by atoms with van der Waals surface area (Å²) >= 11 is 0. The first-order valence-corrected chi connectivity index (χ1v) is 13.4. The van der Waals surface area contributed by atoms with Crippen molar-refractivity contribution in [2.24, 2.45) is 0 Å². The molecule has 0 spiro atoms. The van der Waals surface area contributed by atoms with Crippen LogP contribution in [0.3, 0.4) is 0 Å². The van der Waals surface area contributed by atoms with Crippen LogP contribution in [0.25, 0.3) is 12.2 Å². The van der Waals surface area contributed by atoms with Gasteiger partial charge in [-0.05, 0) is 55.7 Å². The average molecular weight is 614 g/mol. The zero-order valence-electron chi connectivity index (χ0n) is 23.2.